The van der Waals surface area contributed by atoms with Gasteiger partial charge in [-0.1, -0.05) is 0 Å². The van der Waals surface area contributed by atoms with Gasteiger partial charge in [-0.05, 0) is 28.1 Å². The van der Waals surface area contributed by atoms with Crippen LogP contribution >= 0.6 is 15.9 Å². The van der Waals surface area contributed by atoms with E-state index in [9.17, 15) is 27.1 Å². The van der Waals surface area contributed by atoms with Crippen LogP contribution < -0.4 is 0 Å². The predicted octanol–water partition coefficient (Wildman–Crippen LogP) is 3.73. The lowest BCUT2D eigenvalue weighted by Crippen LogP contribution is -2.18. The van der Waals surface area contributed by atoms with Crippen LogP contribution in [-0.2, 0) is 4.74 Å². The van der Waals surface area contributed by atoms with Gasteiger partial charge in [-0.15, -0.1) is 0 Å². The molecule has 0 saturated carbocycles. The molecule has 0 fully saturated rings. The minimum atomic E-state index is -4.47. The average molecular weight is 349 g/mol. The molecule has 0 amide bonds. The van der Waals surface area contributed by atoms with Gasteiger partial charge >= 0.3 is 6.18 Å². The molecule has 0 aliphatic rings. The number of aliphatic hydroxyl groups excluding tert-OH is 1. The zero-order valence-corrected chi connectivity index (χ0v) is 11.1. The molecule has 0 heterocycles. The summed E-state index contributed by atoms with van der Waals surface area (Å²) in [6.45, 7) is -1.94. The number of aliphatic hydroxyl groups is 1. The molecule has 1 aromatic rings. The molecular weight excluding hydrogens is 339 g/mol. The van der Waals surface area contributed by atoms with E-state index in [1.165, 1.54) is 0 Å². The molecule has 1 atom stereocenters. The van der Waals surface area contributed by atoms with E-state index in [1.54, 1.807) is 0 Å². The number of ether oxygens (including phenoxy) is 1. The van der Waals surface area contributed by atoms with Gasteiger partial charge in [0.05, 0.1) is 16.1 Å². The molecule has 19 heavy (non-hydrogen) atoms. The highest BCUT2D eigenvalue weighted by atomic mass is 79.9. The van der Waals surface area contributed by atoms with Crippen molar-refractivity contribution in [3.63, 3.8) is 0 Å². The first-order chi connectivity index (χ1) is 8.72. The molecule has 0 aliphatic heterocycles. The van der Waals surface area contributed by atoms with Crippen molar-refractivity contribution in [1.29, 1.82) is 0 Å². The fourth-order valence-electron chi connectivity index (χ4n) is 1.38. The van der Waals surface area contributed by atoms with Gasteiger partial charge in [0.15, 0.2) is 0 Å². The van der Waals surface area contributed by atoms with Gasteiger partial charge in [0.25, 0.3) is 0 Å². The number of alkyl halides is 3. The normalized spacial score (nSPS) is 13.6. The molecule has 0 aliphatic carbocycles. The van der Waals surface area contributed by atoms with Crippen LogP contribution in [0.5, 0.6) is 0 Å². The summed E-state index contributed by atoms with van der Waals surface area (Å²) < 4.78 is 66.4. The number of hydrogen-bond donors (Lipinski definition) is 1. The van der Waals surface area contributed by atoms with Crippen molar-refractivity contribution in [3.8, 4) is 0 Å². The Morgan fingerprint density at radius 2 is 1.89 bits per heavy atom. The van der Waals surface area contributed by atoms with Gasteiger partial charge in [-0.2, -0.15) is 13.2 Å². The van der Waals surface area contributed by atoms with Gasteiger partial charge in [0.2, 0.25) is 0 Å². The molecule has 0 radical (unpaired) electrons. The molecule has 1 unspecified atom stereocenters. The third kappa shape index (κ3) is 5.04. The van der Waals surface area contributed by atoms with Gasteiger partial charge in [0, 0.05) is 13.0 Å². The minimum Gasteiger partial charge on any atom is -0.388 e. The Kier molecular flexibility index (Phi) is 5.69. The molecule has 1 N–H and O–H groups in total. The highest BCUT2D eigenvalue weighted by Crippen LogP contribution is 2.28. The van der Waals surface area contributed by atoms with E-state index in [4.69, 9.17) is 0 Å². The summed E-state index contributed by atoms with van der Waals surface area (Å²) in [6, 6.07) is 2.07. The number of halogens is 6. The van der Waals surface area contributed by atoms with Gasteiger partial charge in [-0.3, -0.25) is 0 Å². The van der Waals surface area contributed by atoms with Crippen molar-refractivity contribution in [3.05, 3.63) is 33.8 Å². The first-order valence-corrected chi connectivity index (χ1v) is 5.97. The van der Waals surface area contributed by atoms with Crippen molar-refractivity contribution in [2.24, 2.45) is 0 Å². The molecule has 2 nitrogen and oxygen atoms in total. The first-order valence-electron chi connectivity index (χ1n) is 5.18. The number of benzene rings is 1. The topological polar surface area (TPSA) is 29.5 Å². The highest BCUT2D eigenvalue weighted by molar-refractivity contribution is 9.10. The molecule has 8 heteroatoms. The summed E-state index contributed by atoms with van der Waals surface area (Å²) in [7, 11) is 0. The zero-order valence-electron chi connectivity index (χ0n) is 9.48. The Bertz CT molecular complexity index is 436. The molecule has 1 aromatic carbocycles. The third-order valence-electron chi connectivity index (χ3n) is 2.21. The monoisotopic (exact) mass is 348 g/mol. The molecular formula is C11H10BrF5O2. The first kappa shape index (κ1) is 16.3. The van der Waals surface area contributed by atoms with Crippen molar-refractivity contribution in [2.45, 2.75) is 18.7 Å². The van der Waals surface area contributed by atoms with E-state index >= 15 is 0 Å². The Morgan fingerprint density at radius 3 is 2.47 bits per heavy atom. The predicted molar refractivity (Wildman–Crippen MR) is 60.5 cm³/mol. The van der Waals surface area contributed by atoms with Crippen LogP contribution in [0, 0.1) is 11.6 Å². The Morgan fingerprint density at radius 1 is 1.26 bits per heavy atom. The van der Waals surface area contributed by atoms with E-state index in [0.29, 0.717) is 0 Å². The van der Waals surface area contributed by atoms with E-state index in [-0.39, 0.29) is 10.9 Å². The Balaban J connectivity index is 2.59. The summed E-state index contributed by atoms with van der Waals surface area (Å²) in [5.41, 5.74) is -0.593. The lowest BCUT2D eigenvalue weighted by Gasteiger charge is -2.14. The van der Waals surface area contributed by atoms with E-state index in [1.807, 2.05) is 0 Å². The maximum atomic E-state index is 13.5. The zero-order chi connectivity index (χ0) is 14.6. The molecule has 0 spiro atoms. The minimum absolute atomic E-state index is 0.0424. The van der Waals surface area contributed by atoms with Crippen LogP contribution in [0.3, 0.4) is 0 Å². The van der Waals surface area contributed by atoms with Crippen LogP contribution in [0.15, 0.2) is 16.6 Å². The summed E-state index contributed by atoms with van der Waals surface area (Å²) in [4.78, 5) is 0. The smallest absolute Gasteiger partial charge is 0.388 e. The van der Waals surface area contributed by atoms with Crippen LogP contribution in [0.25, 0.3) is 0 Å². The van der Waals surface area contributed by atoms with Crippen molar-refractivity contribution in [1.82, 2.24) is 0 Å². The Labute approximate surface area is 114 Å². The van der Waals surface area contributed by atoms with Crippen LogP contribution in [-0.4, -0.2) is 24.5 Å². The molecule has 108 valence electrons. The lowest BCUT2D eigenvalue weighted by atomic mass is 10.1. The van der Waals surface area contributed by atoms with E-state index < -0.39 is 42.7 Å². The van der Waals surface area contributed by atoms with Gasteiger partial charge in [-0.25, -0.2) is 8.78 Å². The summed E-state index contributed by atoms with van der Waals surface area (Å²) >= 11 is 2.82. The third-order valence-corrected chi connectivity index (χ3v) is 2.83. The fourth-order valence-corrected chi connectivity index (χ4v) is 1.72. The second kappa shape index (κ2) is 6.62. The summed E-state index contributed by atoms with van der Waals surface area (Å²) in [5.74, 6) is -1.95. The van der Waals surface area contributed by atoms with E-state index in [0.717, 1.165) is 12.1 Å². The SMILES string of the molecule is OC(CCOCC(F)(F)F)c1c(F)ccc(Br)c1F. The fraction of sp³-hybridized carbons (Fsp3) is 0.455. The van der Waals surface area contributed by atoms with Crippen LogP contribution in [0.1, 0.15) is 18.1 Å². The Hall–Kier alpha value is -0.730. The highest BCUT2D eigenvalue weighted by Gasteiger charge is 2.27. The van der Waals surface area contributed by atoms with Gasteiger partial charge in [0.1, 0.15) is 18.2 Å². The standard InChI is InChI=1S/C11H10BrF5O2/c12-6-1-2-7(13)9(10(6)14)8(18)3-4-19-5-11(15,16)17/h1-2,8,18H,3-5H2. The van der Waals surface area contributed by atoms with Crippen molar-refractivity contribution in [2.75, 3.05) is 13.2 Å². The number of rotatable bonds is 5. The number of hydrogen-bond acceptors (Lipinski definition) is 2. The summed E-state index contributed by atoms with van der Waals surface area (Å²) in [5, 5.41) is 9.57. The van der Waals surface area contributed by atoms with Crippen LogP contribution in [0.2, 0.25) is 0 Å². The van der Waals surface area contributed by atoms with Crippen molar-refractivity contribution < 1.29 is 31.8 Å². The van der Waals surface area contributed by atoms with E-state index in [2.05, 4.69) is 20.7 Å². The average Bonchev–Trinajstić information content (AvgIpc) is 2.29. The molecule has 0 bridgehead atoms. The second-order valence-corrected chi connectivity index (χ2v) is 4.58. The van der Waals surface area contributed by atoms with Crippen molar-refractivity contribution >= 4 is 15.9 Å². The molecule has 1 rings (SSSR count). The summed E-state index contributed by atoms with van der Waals surface area (Å²) in [6.07, 6.45) is -6.40. The van der Waals surface area contributed by atoms with Crippen LogP contribution in [0.4, 0.5) is 22.0 Å². The largest absolute Gasteiger partial charge is 0.411 e. The maximum absolute atomic E-state index is 13.5. The second-order valence-electron chi connectivity index (χ2n) is 3.73. The maximum Gasteiger partial charge on any atom is 0.411 e. The lowest BCUT2D eigenvalue weighted by molar-refractivity contribution is -0.175. The molecule has 0 saturated heterocycles. The quantitative estimate of drug-likeness (QED) is 0.499. The molecule has 0 aromatic heterocycles. The van der Waals surface area contributed by atoms with Gasteiger partial charge < -0.3 is 9.84 Å².